The second kappa shape index (κ2) is 12.6. The Balaban J connectivity index is 1.48. The van der Waals surface area contributed by atoms with E-state index in [1.807, 2.05) is 78.7 Å². The van der Waals surface area contributed by atoms with Crippen LogP contribution in [0.3, 0.4) is 0 Å². The number of benzene rings is 4. The number of nitrogens with two attached hydrogens (primary N) is 1. The molecule has 1 saturated heterocycles. The molecule has 1 unspecified atom stereocenters. The fraction of sp³-hybridized carbons (Fsp3) is 0.273. The number of rotatable bonds is 9. The fourth-order valence-corrected chi connectivity index (χ4v) is 5.39. The summed E-state index contributed by atoms with van der Waals surface area (Å²) < 4.78 is 13.4. The number of aliphatic hydroxyl groups is 2. The van der Waals surface area contributed by atoms with Crippen LogP contribution in [0.1, 0.15) is 52.2 Å². The van der Waals surface area contributed by atoms with Gasteiger partial charge < -0.3 is 35.4 Å². The van der Waals surface area contributed by atoms with Crippen molar-refractivity contribution in [2.45, 2.75) is 37.1 Å². The number of hydrogen-bond acceptors (Lipinski definition) is 7. The largest absolute Gasteiger partial charge is 0.508 e. The second-order valence-electron chi connectivity index (χ2n) is 10.4. The van der Waals surface area contributed by atoms with E-state index >= 15 is 0 Å². The molecule has 0 spiro atoms. The zero-order valence-corrected chi connectivity index (χ0v) is 22.5. The third-order valence-corrected chi connectivity index (χ3v) is 7.38. The predicted octanol–water partition coefficient (Wildman–Crippen LogP) is 5.07. The minimum Gasteiger partial charge on any atom is -0.508 e. The van der Waals surface area contributed by atoms with Gasteiger partial charge in [0.05, 0.1) is 24.9 Å². The van der Waals surface area contributed by atoms with Crippen molar-refractivity contribution in [2.24, 2.45) is 0 Å². The Kier molecular flexibility index (Phi) is 8.79. The first-order valence-corrected chi connectivity index (χ1v) is 13.5. The van der Waals surface area contributed by atoms with Crippen molar-refractivity contribution >= 4 is 5.69 Å². The van der Waals surface area contributed by atoms with Crippen LogP contribution >= 0.6 is 0 Å². The van der Waals surface area contributed by atoms with Crippen molar-refractivity contribution in [3.63, 3.8) is 0 Å². The number of nitrogens with zero attached hydrogens (tertiary/aromatic N) is 1. The minimum atomic E-state index is -0.779. The summed E-state index contributed by atoms with van der Waals surface area (Å²) in [7, 11) is 1.95. The molecule has 0 aromatic heterocycles. The number of hydrogen-bond donors (Lipinski definition) is 4. The van der Waals surface area contributed by atoms with Crippen molar-refractivity contribution in [3.8, 4) is 5.75 Å². The number of phenols is 1. The molecule has 7 heteroatoms. The number of aromatic hydroxyl groups is 1. The number of nitrogen functional groups attached to an aromatic ring is 1. The van der Waals surface area contributed by atoms with Crippen LogP contribution < -0.4 is 5.73 Å². The molecular weight excluding hydrogens is 504 g/mol. The minimum absolute atomic E-state index is 0.0299. The van der Waals surface area contributed by atoms with E-state index < -0.39 is 12.4 Å². The molecule has 1 aliphatic heterocycles. The maximum Gasteiger partial charge on any atom is 0.185 e. The summed E-state index contributed by atoms with van der Waals surface area (Å²) in [5, 5.41) is 30.4. The molecule has 0 saturated carbocycles. The normalized spacial score (nSPS) is 21.8. The molecule has 5 N–H and O–H groups in total. The molecule has 5 atom stereocenters. The van der Waals surface area contributed by atoms with E-state index in [4.69, 9.17) is 15.2 Å². The Labute approximate surface area is 235 Å². The van der Waals surface area contributed by atoms with Gasteiger partial charge in [-0.3, -0.25) is 0 Å². The van der Waals surface area contributed by atoms with E-state index in [2.05, 4.69) is 12.1 Å². The number of phenolic OH excluding ortho intramolecular Hbond substituents is 1. The van der Waals surface area contributed by atoms with Gasteiger partial charge in [0.1, 0.15) is 5.75 Å². The van der Waals surface area contributed by atoms with Crippen LogP contribution in [0, 0.1) is 0 Å². The van der Waals surface area contributed by atoms with Gasteiger partial charge in [-0.15, -0.1) is 0 Å². The van der Waals surface area contributed by atoms with Crippen molar-refractivity contribution in [3.05, 3.63) is 131 Å². The van der Waals surface area contributed by atoms with Crippen LogP contribution in [-0.2, 0) is 16.1 Å². The molecule has 1 aliphatic rings. The van der Waals surface area contributed by atoms with E-state index in [-0.39, 0.29) is 30.5 Å². The van der Waals surface area contributed by atoms with E-state index in [0.29, 0.717) is 24.3 Å². The van der Waals surface area contributed by atoms with Gasteiger partial charge in [-0.1, -0.05) is 78.9 Å². The molecule has 40 heavy (non-hydrogen) atoms. The predicted molar refractivity (Wildman–Crippen MR) is 154 cm³/mol. The molecule has 1 fully saturated rings. The molecule has 5 rings (SSSR count). The molecule has 7 nitrogen and oxygen atoms in total. The summed E-state index contributed by atoms with van der Waals surface area (Å²) in [6.07, 6.45) is -2.07. The number of likely N-dealkylation sites (N-methyl/N-ethyl adjacent to an activating group) is 1. The van der Waals surface area contributed by atoms with Gasteiger partial charge in [0.2, 0.25) is 0 Å². The smallest absolute Gasteiger partial charge is 0.185 e. The van der Waals surface area contributed by atoms with Crippen molar-refractivity contribution in [2.75, 3.05) is 25.9 Å². The lowest BCUT2D eigenvalue weighted by Gasteiger charge is -2.44. The quantitative estimate of drug-likeness (QED) is 0.220. The number of ether oxygens (including phenoxy) is 2. The number of anilines is 1. The monoisotopic (exact) mass is 540 g/mol. The Hall–Kier alpha value is -3.72. The first-order valence-electron chi connectivity index (χ1n) is 13.5. The molecule has 0 aliphatic carbocycles. The summed E-state index contributed by atoms with van der Waals surface area (Å²) in [6, 6.07) is 32.2. The summed E-state index contributed by atoms with van der Waals surface area (Å²) in [6.45, 7) is 0.839. The lowest BCUT2D eigenvalue weighted by molar-refractivity contribution is -0.263. The summed E-state index contributed by atoms with van der Waals surface area (Å²) in [4.78, 5) is 2.04. The molecule has 4 aromatic rings. The molecule has 208 valence electrons. The zero-order chi connectivity index (χ0) is 28.1. The highest BCUT2D eigenvalue weighted by molar-refractivity contribution is 5.41. The average Bonchev–Trinajstić information content (AvgIpc) is 2.97. The van der Waals surface area contributed by atoms with Gasteiger partial charge >= 0.3 is 0 Å². The first kappa shape index (κ1) is 27.8. The highest BCUT2D eigenvalue weighted by atomic mass is 16.7. The van der Waals surface area contributed by atoms with Crippen LogP contribution in [0.15, 0.2) is 103 Å². The van der Waals surface area contributed by atoms with E-state index in [1.165, 1.54) is 0 Å². The maximum absolute atomic E-state index is 10.9. The van der Waals surface area contributed by atoms with Gasteiger partial charge in [-0.25, -0.2) is 0 Å². The van der Waals surface area contributed by atoms with E-state index in [9.17, 15) is 15.3 Å². The first-order chi connectivity index (χ1) is 19.4. The van der Waals surface area contributed by atoms with Crippen LogP contribution in [0.2, 0.25) is 0 Å². The Morgan fingerprint density at radius 2 is 1.55 bits per heavy atom. The van der Waals surface area contributed by atoms with Gasteiger partial charge in [-0.2, -0.15) is 0 Å². The molecule has 0 bridgehead atoms. The van der Waals surface area contributed by atoms with E-state index in [0.717, 1.165) is 22.3 Å². The molecule has 1 heterocycles. The molecule has 0 radical (unpaired) electrons. The Morgan fingerprint density at radius 3 is 2.25 bits per heavy atom. The zero-order valence-electron chi connectivity index (χ0n) is 22.5. The molecule has 4 aromatic carbocycles. The third-order valence-electron chi connectivity index (χ3n) is 7.38. The standard InChI is InChI=1S/C33H36N2O5/c1-35(19-29(38)25-9-6-12-28(37)18-25)20-30-31(23-7-3-2-4-8-23)32(24-15-13-22(21-36)14-16-24)40-33(39-30)26-10-5-11-27(34)17-26/h2-18,29-33,36-38H,19-21,34H2,1H3/t29-,30-,31-,32+,33?/m1/s1. The van der Waals surface area contributed by atoms with Gasteiger partial charge in [0, 0.05) is 30.3 Å². The molecular formula is C33H36N2O5. The average molecular weight is 541 g/mol. The van der Waals surface area contributed by atoms with Crippen LogP contribution in [0.5, 0.6) is 5.75 Å². The van der Waals surface area contributed by atoms with Crippen molar-refractivity contribution in [1.82, 2.24) is 4.90 Å². The SMILES string of the molecule is CN(C[C@@H](O)c1cccc(O)c1)C[C@H]1OC(c2cccc(N)c2)O[C@@H](c2ccc(CO)cc2)[C@@H]1c1ccccc1. The second-order valence-corrected chi connectivity index (χ2v) is 10.4. The molecule has 0 amide bonds. The van der Waals surface area contributed by atoms with Crippen LogP contribution in [0.4, 0.5) is 5.69 Å². The highest BCUT2D eigenvalue weighted by Crippen LogP contribution is 2.47. The topological polar surface area (TPSA) is 108 Å². The van der Waals surface area contributed by atoms with Gasteiger partial charge in [0.15, 0.2) is 6.29 Å². The lowest BCUT2D eigenvalue weighted by Crippen LogP contribution is -2.44. The fourth-order valence-electron chi connectivity index (χ4n) is 5.39. The van der Waals surface area contributed by atoms with Crippen LogP contribution in [0.25, 0.3) is 0 Å². The van der Waals surface area contributed by atoms with Crippen molar-refractivity contribution in [1.29, 1.82) is 0 Å². The summed E-state index contributed by atoms with van der Waals surface area (Å²) in [5.74, 6) is -0.0324. The van der Waals surface area contributed by atoms with E-state index in [1.54, 1.807) is 24.3 Å². The Bertz CT molecular complexity index is 1380. The maximum atomic E-state index is 10.9. The summed E-state index contributed by atoms with van der Waals surface area (Å²) >= 11 is 0. The summed E-state index contributed by atoms with van der Waals surface area (Å²) in [5.41, 5.74) is 11.1. The highest BCUT2D eigenvalue weighted by Gasteiger charge is 2.42. The van der Waals surface area contributed by atoms with Gasteiger partial charge in [0.25, 0.3) is 0 Å². The van der Waals surface area contributed by atoms with Crippen molar-refractivity contribution < 1.29 is 24.8 Å². The number of aliphatic hydroxyl groups excluding tert-OH is 2. The lowest BCUT2D eigenvalue weighted by atomic mass is 9.83. The Morgan fingerprint density at radius 1 is 0.825 bits per heavy atom. The van der Waals surface area contributed by atoms with Crippen LogP contribution in [-0.4, -0.2) is 46.5 Å². The third kappa shape index (κ3) is 6.53. The van der Waals surface area contributed by atoms with Gasteiger partial charge in [-0.05, 0) is 53.6 Å².